The van der Waals surface area contributed by atoms with E-state index >= 15 is 0 Å². The van der Waals surface area contributed by atoms with Crippen LogP contribution in [0.1, 0.15) is 37.0 Å². The van der Waals surface area contributed by atoms with Gasteiger partial charge in [0.05, 0.1) is 11.4 Å². The fourth-order valence-electron chi connectivity index (χ4n) is 2.85. The van der Waals surface area contributed by atoms with Crippen molar-refractivity contribution in [2.45, 2.75) is 38.0 Å². The number of carbonyl (C=O) groups is 1. The first-order valence-corrected chi connectivity index (χ1v) is 9.93. The van der Waals surface area contributed by atoms with E-state index in [2.05, 4.69) is 0 Å². The lowest BCUT2D eigenvalue weighted by molar-refractivity contribution is 0.0698. The van der Waals surface area contributed by atoms with E-state index in [1.54, 1.807) is 29.2 Å². The van der Waals surface area contributed by atoms with Crippen LogP contribution in [0.4, 0.5) is 0 Å². The van der Waals surface area contributed by atoms with Gasteiger partial charge in [-0.15, -0.1) is 0 Å². The molecule has 1 saturated heterocycles. The predicted molar refractivity (Wildman–Crippen MR) is 91.6 cm³/mol. The third-order valence-corrected chi connectivity index (χ3v) is 6.70. The molecule has 0 radical (unpaired) electrons. The van der Waals surface area contributed by atoms with Crippen LogP contribution < -0.4 is 4.74 Å². The highest BCUT2D eigenvalue weighted by Gasteiger charge is 2.41. The van der Waals surface area contributed by atoms with Gasteiger partial charge in [0.1, 0.15) is 5.75 Å². The smallest absolute Gasteiger partial charge is 0.253 e. The molecule has 0 atom stereocenters. The fraction of sp³-hybridized carbons (Fsp3) is 0.588. The van der Waals surface area contributed by atoms with Gasteiger partial charge < -0.3 is 9.64 Å². The van der Waals surface area contributed by atoms with Gasteiger partial charge in [0.2, 0.25) is 10.0 Å². The number of ether oxygens (including phenoxy) is 1. The van der Waals surface area contributed by atoms with Crippen LogP contribution in [0.2, 0.25) is 0 Å². The van der Waals surface area contributed by atoms with Crippen LogP contribution in [0.3, 0.4) is 0 Å². The van der Waals surface area contributed by atoms with Gasteiger partial charge in [-0.2, -0.15) is 4.31 Å². The molecule has 1 aliphatic heterocycles. The average Bonchev–Trinajstić information content (AvgIpc) is 3.40. The minimum absolute atomic E-state index is 0.0606. The lowest BCUT2D eigenvalue weighted by atomic mass is 10.2. The fourth-order valence-corrected chi connectivity index (χ4v) is 4.68. The summed E-state index contributed by atoms with van der Waals surface area (Å²) in [6, 6.07) is 7.10. The maximum atomic E-state index is 12.6. The van der Waals surface area contributed by atoms with Crippen molar-refractivity contribution in [3.8, 4) is 5.75 Å². The lowest BCUT2D eigenvalue weighted by Gasteiger charge is -2.34. The highest BCUT2D eigenvalue weighted by atomic mass is 32.2. The van der Waals surface area contributed by atoms with E-state index < -0.39 is 10.0 Å². The summed E-state index contributed by atoms with van der Waals surface area (Å²) in [5.74, 6) is 0.677. The van der Waals surface area contributed by atoms with Crippen molar-refractivity contribution in [3.05, 3.63) is 29.8 Å². The molecular weight excluding hydrogens is 328 g/mol. The predicted octanol–water partition coefficient (Wildman–Crippen LogP) is 1.72. The second-order valence-electron chi connectivity index (χ2n) is 6.63. The molecule has 3 rings (SSSR count). The Kier molecular flexibility index (Phi) is 4.83. The van der Waals surface area contributed by atoms with Crippen LogP contribution in [-0.4, -0.2) is 61.1 Å². The molecule has 2 fully saturated rings. The molecule has 24 heavy (non-hydrogen) atoms. The van der Waals surface area contributed by atoms with Gasteiger partial charge in [0, 0.05) is 31.7 Å². The summed E-state index contributed by atoms with van der Waals surface area (Å²) >= 11 is 0. The van der Waals surface area contributed by atoms with Crippen molar-refractivity contribution in [2.75, 3.05) is 26.2 Å². The number of sulfonamides is 1. The van der Waals surface area contributed by atoms with E-state index in [1.807, 2.05) is 13.8 Å². The number of amides is 1. The first-order valence-electron chi connectivity index (χ1n) is 8.43. The normalized spacial score (nSPS) is 19.5. The molecule has 6 nitrogen and oxygen atoms in total. The van der Waals surface area contributed by atoms with Crippen molar-refractivity contribution in [1.29, 1.82) is 0 Å². The van der Waals surface area contributed by atoms with Crippen LogP contribution in [0, 0.1) is 0 Å². The van der Waals surface area contributed by atoms with E-state index in [-0.39, 0.29) is 17.3 Å². The third kappa shape index (κ3) is 3.72. The summed E-state index contributed by atoms with van der Waals surface area (Å²) in [6.45, 7) is 5.56. The Hall–Kier alpha value is -1.60. The second kappa shape index (κ2) is 6.72. The summed E-state index contributed by atoms with van der Waals surface area (Å²) in [4.78, 5) is 14.3. The minimum atomic E-state index is -3.14. The topological polar surface area (TPSA) is 66.9 Å². The molecular formula is C17H24N2O4S. The molecule has 1 aromatic carbocycles. The van der Waals surface area contributed by atoms with Crippen LogP contribution in [0.15, 0.2) is 24.3 Å². The number of benzene rings is 1. The van der Waals surface area contributed by atoms with Crippen molar-refractivity contribution in [3.63, 3.8) is 0 Å². The maximum absolute atomic E-state index is 12.6. The number of hydrogen-bond donors (Lipinski definition) is 0. The Morgan fingerprint density at radius 3 is 2.17 bits per heavy atom. The molecule has 0 aromatic heterocycles. The Bertz CT molecular complexity index is 688. The van der Waals surface area contributed by atoms with E-state index in [4.69, 9.17) is 4.74 Å². The van der Waals surface area contributed by atoms with Crippen LogP contribution in [0.25, 0.3) is 0 Å². The molecule has 132 valence electrons. The standard InChI is InChI=1S/C17H24N2O4S/c1-13(2)23-15-5-3-14(4-6-15)17(20)18-9-11-19(12-10-18)24(21,22)16-7-8-16/h3-6,13,16H,7-12H2,1-2H3. The zero-order valence-electron chi connectivity index (χ0n) is 14.1. The van der Waals surface area contributed by atoms with Crippen LogP contribution in [0.5, 0.6) is 5.75 Å². The first kappa shape index (κ1) is 17.2. The molecule has 0 spiro atoms. The highest BCUT2D eigenvalue weighted by Crippen LogP contribution is 2.31. The Balaban J connectivity index is 1.58. The summed E-state index contributed by atoms with van der Waals surface area (Å²) in [7, 11) is -3.14. The largest absolute Gasteiger partial charge is 0.491 e. The lowest BCUT2D eigenvalue weighted by Crippen LogP contribution is -2.51. The number of hydrogen-bond acceptors (Lipinski definition) is 4. The molecule has 7 heteroatoms. The molecule has 0 unspecified atom stereocenters. The molecule has 2 aliphatic rings. The van der Waals surface area contributed by atoms with Gasteiger partial charge in [-0.1, -0.05) is 0 Å². The molecule has 0 bridgehead atoms. The van der Waals surface area contributed by atoms with Gasteiger partial charge >= 0.3 is 0 Å². The summed E-state index contributed by atoms with van der Waals surface area (Å²) < 4.78 is 31.6. The SMILES string of the molecule is CC(C)Oc1ccc(C(=O)N2CCN(S(=O)(=O)C3CC3)CC2)cc1. The highest BCUT2D eigenvalue weighted by molar-refractivity contribution is 7.90. The van der Waals surface area contributed by atoms with Crippen molar-refractivity contribution in [2.24, 2.45) is 0 Å². The van der Waals surface area contributed by atoms with Crippen molar-refractivity contribution < 1.29 is 17.9 Å². The molecule has 1 amide bonds. The Labute approximate surface area is 143 Å². The Morgan fingerprint density at radius 2 is 1.67 bits per heavy atom. The third-order valence-electron chi connectivity index (χ3n) is 4.30. The zero-order chi connectivity index (χ0) is 17.3. The quantitative estimate of drug-likeness (QED) is 0.809. The van der Waals surface area contributed by atoms with Crippen molar-refractivity contribution in [1.82, 2.24) is 9.21 Å². The van der Waals surface area contributed by atoms with E-state index in [9.17, 15) is 13.2 Å². The zero-order valence-corrected chi connectivity index (χ0v) is 15.0. The Morgan fingerprint density at radius 1 is 1.08 bits per heavy atom. The average molecular weight is 352 g/mol. The van der Waals surface area contributed by atoms with E-state index in [0.29, 0.717) is 31.7 Å². The van der Waals surface area contributed by atoms with Gasteiger partial charge in [0.15, 0.2) is 0 Å². The molecule has 1 heterocycles. The summed E-state index contributed by atoms with van der Waals surface area (Å²) in [6.07, 6.45) is 1.63. The number of piperazine rings is 1. The van der Waals surface area contributed by atoms with Crippen LogP contribution >= 0.6 is 0 Å². The molecule has 1 aromatic rings. The van der Waals surface area contributed by atoms with Crippen molar-refractivity contribution >= 4 is 15.9 Å². The summed E-state index contributed by atoms with van der Waals surface area (Å²) in [5.41, 5.74) is 0.601. The molecule has 0 N–H and O–H groups in total. The molecule has 1 aliphatic carbocycles. The van der Waals surface area contributed by atoms with Gasteiger partial charge in [-0.05, 0) is 51.0 Å². The number of rotatable bonds is 5. The van der Waals surface area contributed by atoms with E-state index in [1.165, 1.54) is 4.31 Å². The van der Waals surface area contributed by atoms with Gasteiger partial charge in [-0.3, -0.25) is 4.79 Å². The van der Waals surface area contributed by atoms with Gasteiger partial charge in [0.25, 0.3) is 5.91 Å². The van der Waals surface area contributed by atoms with Crippen LogP contribution in [-0.2, 0) is 10.0 Å². The number of nitrogens with zero attached hydrogens (tertiary/aromatic N) is 2. The van der Waals surface area contributed by atoms with E-state index in [0.717, 1.165) is 18.6 Å². The number of carbonyl (C=O) groups excluding carboxylic acids is 1. The van der Waals surface area contributed by atoms with Gasteiger partial charge in [-0.25, -0.2) is 8.42 Å². The molecule has 1 saturated carbocycles. The second-order valence-corrected chi connectivity index (χ2v) is 8.84. The first-order chi connectivity index (χ1) is 11.4. The monoisotopic (exact) mass is 352 g/mol. The summed E-state index contributed by atoms with van der Waals surface area (Å²) in [5, 5.41) is -0.187. The maximum Gasteiger partial charge on any atom is 0.253 e. The minimum Gasteiger partial charge on any atom is -0.491 e.